The largest absolute Gasteiger partial charge is 0.371 e. The molecule has 0 radical (unpaired) electrons. The van der Waals surface area contributed by atoms with Crippen LogP contribution in [-0.2, 0) is 7.05 Å². The predicted octanol–water partition coefficient (Wildman–Crippen LogP) is 4.42. The van der Waals surface area contributed by atoms with Crippen LogP contribution >= 0.6 is 0 Å². The fourth-order valence-electron chi connectivity index (χ4n) is 4.58. The Morgan fingerprint density at radius 2 is 1.73 bits per heavy atom. The number of benzene rings is 1. The Morgan fingerprint density at radius 3 is 2.32 bits per heavy atom. The topological polar surface area (TPSA) is 8.17 Å². The van der Waals surface area contributed by atoms with Gasteiger partial charge >= 0.3 is 0 Å². The van der Waals surface area contributed by atoms with Gasteiger partial charge in [0.05, 0.1) is 0 Å². The van der Waals surface area contributed by atoms with E-state index >= 15 is 0 Å². The molecule has 1 aliphatic heterocycles. The molecule has 0 spiro atoms. The zero-order chi connectivity index (χ0) is 15.5. The molecule has 1 aromatic heterocycles. The Balaban J connectivity index is 1.52. The van der Waals surface area contributed by atoms with Crippen LogP contribution in [0.4, 0.5) is 5.69 Å². The molecule has 2 fully saturated rings. The number of hydrogen-bond donors (Lipinski definition) is 0. The molecule has 4 rings (SSSR count). The third-order valence-electron chi connectivity index (χ3n) is 5.57. The van der Waals surface area contributed by atoms with Gasteiger partial charge in [-0.05, 0) is 52.5 Å². The first kappa shape index (κ1) is 13.9. The fraction of sp³-hybridized carbons (Fsp3) is 0.500. The van der Waals surface area contributed by atoms with E-state index in [1.807, 2.05) is 0 Å². The van der Waals surface area contributed by atoms with Crippen molar-refractivity contribution in [2.75, 3.05) is 18.0 Å². The summed E-state index contributed by atoms with van der Waals surface area (Å²) >= 11 is 0. The average molecular weight is 294 g/mol. The minimum atomic E-state index is 0.479. The standard InChI is InChI=1S/C20H26N2/c1-20(2,3)19-17-12-22(13-18(17)19)16-7-5-6-14(10-16)15-8-9-21(4)11-15/h5-11,17-19H,12-13H2,1-4H3. The van der Waals surface area contributed by atoms with Crippen molar-refractivity contribution in [1.82, 2.24) is 4.57 Å². The molecule has 1 aliphatic carbocycles. The van der Waals surface area contributed by atoms with E-state index in [1.165, 1.54) is 29.9 Å². The SMILES string of the molecule is Cn1ccc(-c2cccc(N3CC4C(C3)C4C(C)(C)C)c2)c1. The summed E-state index contributed by atoms with van der Waals surface area (Å²) in [5.41, 5.74) is 4.50. The lowest BCUT2D eigenvalue weighted by Crippen LogP contribution is -2.27. The summed E-state index contributed by atoms with van der Waals surface area (Å²) in [6.07, 6.45) is 4.30. The maximum atomic E-state index is 2.59. The smallest absolute Gasteiger partial charge is 0.0372 e. The Hall–Kier alpha value is -1.70. The van der Waals surface area contributed by atoms with Crippen LogP contribution in [0.25, 0.3) is 11.1 Å². The summed E-state index contributed by atoms with van der Waals surface area (Å²) < 4.78 is 2.11. The normalized spacial score (nSPS) is 27.1. The maximum Gasteiger partial charge on any atom is 0.0372 e. The number of nitrogens with zero attached hydrogens (tertiary/aromatic N) is 2. The first-order valence-electron chi connectivity index (χ1n) is 8.41. The molecule has 2 aliphatic rings. The molecule has 2 atom stereocenters. The molecule has 2 aromatic rings. The van der Waals surface area contributed by atoms with E-state index < -0.39 is 0 Å². The summed E-state index contributed by atoms with van der Waals surface area (Å²) in [5.74, 6) is 2.77. The quantitative estimate of drug-likeness (QED) is 0.796. The maximum absolute atomic E-state index is 2.59. The number of aromatic nitrogens is 1. The number of piperidine rings is 1. The van der Waals surface area contributed by atoms with E-state index in [0.717, 1.165) is 17.8 Å². The predicted molar refractivity (Wildman–Crippen MR) is 93.0 cm³/mol. The summed E-state index contributed by atoms with van der Waals surface area (Å²) in [5, 5.41) is 0. The van der Waals surface area contributed by atoms with Gasteiger partial charge in [0.2, 0.25) is 0 Å². The van der Waals surface area contributed by atoms with Crippen molar-refractivity contribution in [3.63, 3.8) is 0 Å². The second-order valence-corrected chi connectivity index (χ2v) is 8.24. The number of aryl methyl sites for hydroxylation is 1. The highest BCUT2D eigenvalue weighted by Gasteiger charge is 2.59. The summed E-state index contributed by atoms with van der Waals surface area (Å²) in [7, 11) is 2.08. The Morgan fingerprint density at radius 1 is 1.00 bits per heavy atom. The minimum Gasteiger partial charge on any atom is -0.371 e. The van der Waals surface area contributed by atoms with Crippen molar-refractivity contribution in [2.45, 2.75) is 20.8 Å². The van der Waals surface area contributed by atoms with E-state index in [9.17, 15) is 0 Å². The molecular formula is C20H26N2. The molecule has 0 bridgehead atoms. The van der Waals surface area contributed by atoms with Crippen LogP contribution in [0.15, 0.2) is 42.7 Å². The molecule has 22 heavy (non-hydrogen) atoms. The Kier molecular flexibility index (Phi) is 2.94. The summed E-state index contributed by atoms with van der Waals surface area (Å²) in [6, 6.07) is 11.2. The van der Waals surface area contributed by atoms with Gasteiger partial charge in [0, 0.05) is 38.2 Å². The summed E-state index contributed by atoms with van der Waals surface area (Å²) in [4.78, 5) is 2.59. The lowest BCUT2D eigenvalue weighted by atomic mass is 9.87. The molecule has 2 heteroatoms. The van der Waals surface area contributed by atoms with Crippen LogP contribution in [0.3, 0.4) is 0 Å². The van der Waals surface area contributed by atoms with Crippen LogP contribution in [0.5, 0.6) is 0 Å². The van der Waals surface area contributed by atoms with Crippen molar-refractivity contribution in [3.05, 3.63) is 42.7 Å². The van der Waals surface area contributed by atoms with Gasteiger partial charge in [0.1, 0.15) is 0 Å². The molecule has 2 nitrogen and oxygen atoms in total. The monoisotopic (exact) mass is 294 g/mol. The third kappa shape index (κ3) is 2.25. The van der Waals surface area contributed by atoms with Crippen LogP contribution in [0.1, 0.15) is 20.8 Å². The molecule has 1 saturated carbocycles. The third-order valence-corrected chi connectivity index (χ3v) is 5.57. The number of anilines is 1. The molecular weight excluding hydrogens is 268 g/mol. The van der Waals surface area contributed by atoms with Gasteiger partial charge in [-0.2, -0.15) is 0 Å². The highest BCUT2D eigenvalue weighted by Crippen LogP contribution is 2.60. The lowest BCUT2D eigenvalue weighted by molar-refractivity contribution is 0.309. The van der Waals surface area contributed by atoms with Crippen LogP contribution < -0.4 is 4.90 Å². The number of fused-ring (bicyclic) bond motifs is 1. The first-order chi connectivity index (χ1) is 10.4. The van der Waals surface area contributed by atoms with Crippen molar-refractivity contribution in [2.24, 2.45) is 30.2 Å². The van der Waals surface area contributed by atoms with Gasteiger partial charge in [-0.25, -0.2) is 0 Å². The van der Waals surface area contributed by atoms with Crippen LogP contribution in [-0.4, -0.2) is 17.7 Å². The molecule has 2 heterocycles. The fourth-order valence-corrected chi connectivity index (χ4v) is 4.58. The molecule has 116 valence electrons. The second-order valence-electron chi connectivity index (χ2n) is 8.24. The van der Waals surface area contributed by atoms with Gasteiger partial charge in [-0.1, -0.05) is 32.9 Å². The van der Waals surface area contributed by atoms with E-state index in [2.05, 4.69) is 80.0 Å². The van der Waals surface area contributed by atoms with E-state index in [4.69, 9.17) is 0 Å². The van der Waals surface area contributed by atoms with Gasteiger partial charge in [0.15, 0.2) is 0 Å². The zero-order valence-corrected chi connectivity index (χ0v) is 14.1. The van der Waals surface area contributed by atoms with Crippen molar-refractivity contribution in [3.8, 4) is 11.1 Å². The highest BCUT2D eigenvalue weighted by atomic mass is 15.2. The molecule has 0 N–H and O–H groups in total. The van der Waals surface area contributed by atoms with Gasteiger partial charge in [0.25, 0.3) is 0 Å². The van der Waals surface area contributed by atoms with Crippen molar-refractivity contribution >= 4 is 5.69 Å². The Bertz CT molecular complexity index is 680. The average Bonchev–Trinajstić information content (AvgIpc) is 2.83. The molecule has 0 amide bonds. The van der Waals surface area contributed by atoms with E-state index in [0.29, 0.717) is 5.41 Å². The van der Waals surface area contributed by atoms with Crippen LogP contribution in [0, 0.1) is 23.2 Å². The van der Waals surface area contributed by atoms with Gasteiger partial charge in [-0.3, -0.25) is 0 Å². The number of rotatable bonds is 2. The van der Waals surface area contributed by atoms with E-state index in [1.54, 1.807) is 0 Å². The minimum absolute atomic E-state index is 0.479. The van der Waals surface area contributed by atoms with Crippen molar-refractivity contribution < 1.29 is 0 Å². The summed E-state index contributed by atoms with van der Waals surface area (Å²) in [6.45, 7) is 9.68. The zero-order valence-electron chi connectivity index (χ0n) is 14.1. The second kappa shape index (κ2) is 4.65. The highest BCUT2D eigenvalue weighted by molar-refractivity contribution is 5.68. The van der Waals surface area contributed by atoms with Gasteiger partial charge in [-0.15, -0.1) is 0 Å². The first-order valence-corrected chi connectivity index (χ1v) is 8.41. The lowest BCUT2D eigenvalue weighted by Gasteiger charge is -2.27. The Labute approximate surface area is 133 Å². The molecule has 1 saturated heterocycles. The van der Waals surface area contributed by atoms with E-state index in [-0.39, 0.29) is 0 Å². The molecule has 1 aromatic carbocycles. The molecule has 2 unspecified atom stereocenters. The van der Waals surface area contributed by atoms with Crippen LogP contribution in [0.2, 0.25) is 0 Å². The number of hydrogen-bond acceptors (Lipinski definition) is 1. The van der Waals surface area contributed by atoms with Crippen molar-refractivity contribution in [1.29, 1.82) is 0 Å². The van der Waals surface area contributed by atoms with Gasteiger partial charge < -0.3 is 9.47 Å².